The second kappa shape index (κ2) is 7.33. The Morgan fingerprint density at radius 1 is 1.21 bits per heavy atom. The van der Waals surface area contributed by atoms with Crippen molar-refractivity contribution in [1.82, 2.24) is 14.9 Å². The summed E-state index contributed by atoms with van der Waals surface area (Å²) in [5.41, 5.74) is 0.0619. The van der Waals surface area contributed by atoms with E-state index >= 15 is 0 Å². The largest absolute Gasteiger partial charge is 0.417 e. The van der Waals surface area contributed by atoms with E-state index in [0.29, 0.717) is 42.5 Å². The van der Waals surface area contributed by atoms with Crippen LogP contribution in [0.3, 0.4) is 0 Å². The summed E-state index contributed by atoms with van der Waals surface area (Å²) in [5, 5.41) is 0.263. The highest BCUT2D eigenvalue weighted by atomic mass is 35.5. The summed E-state index contributed by atoms with van der Waals surface area (Å²) in [6.07, 6.45) is -0.753. The van der Waals surface area contributed by atoms with Crippen molar-refractivity contribution in [2.24, 2.45) is 0 Å². The Bertz CT molecular complexity index is 1070. The van der Waals surface area contributed by atoms with E-state index in [4.69, 9.17) is 11.6 Å². The van der Waals surface area contributed by atoms with Crippen LogP contribution in [0, 0.1) is 5.82 Å². The summed E-state index contributed by atoms with van der Waals surface area (Å²) < 4.78 is 53.6. The van der Waals surface area contributed by atoms with Crippen molar-refractivity contribution >= 4 is 28.5 Å². The first-order valence-corrected chi connectivity index (χ1v) is 9.41. The van der Waals surface area contributed by atoms with Crippen LogP contribution in [0.15, 0.2) is 36.7 Å². The first kappa shape index (κ1) is 19.7. The molecule has 1 aromatic carbocycles. The molecule has 3 heterocycles. The average Bonchev–Trinajstić information content (AvgIpc) is 3.16. The van der Waals surface area contributed by atoms with E-state index in [1.807, 2.05) is 0 Å². The van der Waals surface area contributed by atoms with Crippen LogP contribution >= 0.6 is 11.6 Å². The molecule has 0 atom stereocenters. The fraction of sp³-hybridized carbons (Fsp3) is 0.300. The Kier molecular flexibility index (Phi) is 4.98. The summed E-state index contributed by atoms with van der Waals surface area (Å²) >= 11 is 5.62. The maximum Gasteiger partial charge on any atom is 0.417 e. The quantitative estimate of drug-likeness (QED) is 0.559. The molecule has 29 heavy (non-hydrogen) atoms. The van der Waals surface area contributed by atoms with Gasteiger partial charge < -0.3 is 9.88 Å². The van der Waals surface area contributed by atoms with Crippen LogP contribution in [0.5, 0.6) is 0 Å². The van der Waals surface area contributed by atoms with E-state index in [9.17, 15) is 22.4 Å². The Morgan fingerprint density at radius 3 is 2.62 bits per heavy atom. The number of amides is 1. The van der Waals surface area contributed by atoms with Gasteiger partial charge in [0.1, 0.15) is 11.5 Å². The van der Waals surface area contributed by atoms with Crippen LogP contribution in [-0.4, -0.2) is 33.9 Å². The van der Waals surface area contributed by atoms with Crippen LogP contribution in [0.1, 0.15) is 40.2 Å². The average molecular weight is 426 g/mol. The summed E-state index contributed by atoms with van der Waals surface area (Å²) in [4.78, 5) is 21.2. The lowest BCUT2D eigenvalue weighted by atomic mass is 9.87. The number of likely N-dealkylation sites (tertiary alicyclic amines) is 1. The van der Waals surface area contributed by atoms with Gasteiger partial charge in [-0.1, -0.05) is 11.6 Å². The molecule has 0 saturated carbocycles. The van der Waals surface area contributed by atoms with Gasteiger partial charge in [0, 0.05) is 35.8 Å². The summed E-state index contributed by atoms with van der Waals surface area (Å²) in [6, 6.07) is 4.92. The highest BCUT2D eigenvalue weighted by Gasteiger charge is 2.35. The molecule has 1 saturated heterocycles. The monoisotopic (exact) mass is 425 g/mol. The number of hydrogen-bond acceptors (Lipinski definition) is 2. The van der Waals surface area contributed by atoms with E-state index < -0.39 is 28.5 Å². The van der Waals surface area contributed by atoms with Crippen LogP contribution < -0.4 is 0 Å². The number of halogens is 5. The minimum absolute atomic E-state index is 0.0664. The number of fused-ring (bicyclic) bond motifs is 1. The molecule has 4 nitrogen and oxygen atoms in total. The topological polar surface area (TPSA) is 49.0 Å². The number of hydrogen-bond donors (Lipinski definition) is 1. The number of rotatable bonds is 2. The molecule has 9 heteroatoms. The van der Waals surface area contributed by atoms with Gasteiger partial charge in [0.25, 0.3) is 5.91 Å². The molecular weight excluding hydrogens is 410 g/mol. The van der Waals surface area contributed by atoms with E-state index in [-0.39, 0.29) is 11.5 Å². The maximum absolute atomic E-state index is 14.4. The summed E-state index contributed by atoms with van der Waals surface area (Å²) in [7, 11) is 0. The van der Waals surface area contributed by atoms with Gasteiger partial charge in [-0.3, -0.25) is 4.79 Å². The predicted molar refractivity (Wildman–Crippen MR) is 100 cm³/mol. The van der Waals surface area contributed by atoms with Crippen molar-refractivity contribution < 1.29 is 22.4 Å². The van der Waals surface area contributed by atoms with E-state index in [0.717, 1.165) is 12.1 Å². The van der Waals surface area contributed by atoms with Gasteiger partial charge in [0.2, 0.25) is 0 Å². The van der Waals surface area contributed by atoms with Crippen molar-refractivity contribution in [3.8, 4) is 0 Å². The van der Waals surface area contributed by atoms with Gasteiger partial charge in [0.15, 0.2) is 0 Å². The van der Waals surface area contributed by atoms with Gasteiger partial charge in [-0.2, -0.15) is 13.2 Å². The van der Waals surface area contributed by atoms with Crippen molar-refractivity contribution in [3.63, 3.8) is 0 Å². The Labute approximate surface area is 168 Å². The second-order valence-corrected chi connectivity index (χ2v) is 7.43. The molecule has 0 unspecified atom stereocenters. The first-order valence-electron chi connectivity index (χ1n) is 9.03. The lowest BCUT2D eigenvalue weighted by Gasteiger charge is -2.32. The number of aromatic amines is 1. The van der Waals surface area contributed by atoms with Crippen molar-refractivity contribution in [1.29, 1.82) is 0 Å². The van der Waals surface area contributed by atoms with E-state index in [1.165, 1.54) is 17.2 Å². The second-order valence-electron chi connectivity index (χ2n) is 7.02. The molecule has 3 aromatic rings. The molecule has 0 radical (unpaired) electrons. The minimum Gasteiger partial charge on any atom is -0.346 e. The molecule has 2 aromatic heterocycles. The zero-order valence-electron chi connectivity index (χ0n) is 15.1. The third kappa shape index (κ3) is 3.69. The highest BCUT2D eigenvalue weighted by molar-refractivity contribution is 6.31. The Balaban J connectivity index is 1.52. The van der Waals surface area contributed by atoms with Crippen LogP contribution in [0.4, 0.5) is 17.6 Å². The van der Waals surface area contributed by atoms with Crippen molar-refractivity contribution in [3.05, 3.63) is 64.2 Å². The molecule has 1 fully saturated rings. The zero-order valence-corrected chi connectivity index (χ0v) is 15.8. The summed E-state index contributed by atoms with van der Waals surface area (Å²) in [5.74, 6) is -0.988. The third-order valence-corrected chi connectivity index (χ3v) is 5.62. The molecule has 0 aliphatic carbocycles. The number of pyridine rings is 1. The third-order valence-electron chi connectivity index (χ3n) is 5.29. The molecule has 0 spiro atoms. The Hall–Kier alpha value is -2.61. The normalized spacial score (nSPS) is 15.8. The molecular formula is C20H16ClF4N3O. The molecule has 1 N–H and O–H groups in total. The summed E-state index contributed by atoms with van der Waals surface area (Å²) in [6.45, 7) is 0.641. The SMILES string of the molecule is O=C(c1ccc(Cl)c(C(F)(F)F)c1)N1CCC(c2c(F)cnc3[nH]ccc23)CC1. The number of nitrogens with zero attached hydrogens (tertiary/aromatic N) is 2. The predicted octanol–water partition coefficient (Wildman–Crippen LogP) is 5.39. The Morgan fingerprint density at radius 2 is 1.93 bits per heavy atom. The number of benzene rings is 1. The first-order chi connectivity index (χ1) is 13.8. The number of H-pyrrole nitrogens is 1. The molecule has 1 amide bonds. The number of carbonyl (C=O) groups is 1. The highest BCUT2D eigenvalue weighted by Crippen LogP contribution is 2.37. The van der Waals surface area contributed by atoms with Crippen LogP contribution in [0.2, 0.25) is 5.02 Å². The van der Waals surface area contributed by atoms with Crippen molar-refractivity contribution in [2.75, 3.05) is 13.1 Å². The smallest absolute Gasteiger partial charge is 0.346 e. The maximum atomic E-state index is 14.4. The number of aromatic nitrogens is 2. The standard InChI is InChI=1S/C20H16ClF4N3O/c21-15-2-1-12(9-14(15)20(23,24)25)19(29)28-7-4-11(5-8-28)17-13-3-6-26-18(13)27-10-16(17)22/h1-3,6,9-11H,4-5,7-8H2,(H,26,27). The van der Waals surface area contributed by atoms with Gasteiger partial charge in [-0.05, 0) is 43.0 Å². The number of nitrogens with one attached hydrogen (secondary N) is 1. The minimum atomic E-state index is -4.64. The molecule has 1 aliphatic rings. The fourth-order valence-corrected chi connectivity index (χ4v) is 4.07. The van der Waals surface area contributed by atoms with Crippen LogP contribution in [-0.2, 0) is 6.18 Å². The number of alkyl halides is 3. The lowest BCUT2D eigenvalue weighted by Crippen LogP contribution is -2.38. The van der Waals surface area contributed by atoms with Gasteiger partial charge in [0.05, 0.1) is 16.8 Å². The number of piperidine rings is 1. The van der Waals surface area contributed by atoms with E-state index in [2.05, 4.69) is 9.97 Å². The van der Waals surface area contributed by atoms with Gasteiger partial charge >= 0.3 is 6.18 Å². The van der Waals surface area contributed by atoms with Gasteiger partial charge in [-0.15, -0.1) is 0 Å². The molecule has 4 rings (SSSR count). The molecule has 0 bridgehead atoms. The fourth-order valence-electron chi connectivity index (χ4n) is 3.85. The number of carbonyl (C=O) groups excluding carboxylic acids is 1. The molecule has 1 aliphatic heterocycles. The molecule has 152 valence electrons. The van der Waals surface area contributed by atoms with E-state index in [1.54, 1.807) is 12.3 Å². The van der Waals surface area contributed by atoms with Gasteiger partial charge in [-0.25, -0.2) is 9.37 Å². The van der Waals surface area contributed by atoms with Crippen molar-refractivity contribution in [2.45, 2.75) is 24.9 Å². The lowest BCUT2D eigenvalue weighted by molar-refractivity contribution is -0.137. The zero-order chi connectivity index (χ0) is 20.8. The van der Waals surface area contributed by atoms with Crippen LogP contribution in [0.25, 0.3) is 11.0 Å².